The van der Waals surface area contributed by atoms with Crippen molar-refractivity contribution in [3.05, 3.63) is 101 Å². The summed E-state index contributed by atoms with van der Waals surface area (Å²) in [5.41, 5.74) is 0.466. The van der Waals surface area contributed by atoms with Crippen molar-refractivity contribution < 1.29 is 35.9 Å². The van der Waals surface area contributed by atoms with Gasteiger partial charge in [-0.25, -0.2) is 9.78 Å². The minimum atomic E-state index is -4.64. The number of alkyl halides is 3. The van der Waals surface area contributed by atoms with Crippen molar-refractivity contribution in [1.29, 1.82) is 0 Å². The number of carbonyl (C=O) groups excluding carboxylic acids is 1. The van der Waals surface area contributed by atoms with Crippen molar-refractivity contribution in [2.24, 2.45) is 0 Å². The summed E-state index contributed by atoms with van der Waals surface area (Å²) in [5.74, 6) is -0.407. The molecule has 0 spiro atoms. The fraction of sp³-hybridized carbons (Fsp3) is 0.375. The highest BCUT2D eigenvalue weighted by atomic mass is 32.2. The second-order valence-electron chi connectivity index (χ2n) is 10.5. The molecule has 0 bridgehead atoms. The maximum Gasteiger partial charge on any atom is 0.417 e. The van der Waals surface area contributed by atoms with Gasteiger partial charge in [0, 0.05) is 24.2 Å². The lowest BCUT2D eigenvalue weighted by Gasteiger charge is -2.39. The summed E-state index contributed by atoms with van der Waals surface area (Å²) < 4.78 is 78.8. The molecular weight excluding hydrogens is 581 g/mol. The minimum absolute atomic E-state index is 0.165. The highest BCUT2D eigenvalue weighted by Crippen LogP contribution is 2.43. The van der Waals surface area contributed by atoms with Gasteiger partial charge in [0.25, 0.3) is 10.0 Å². The third kappa shape index (κ3) is 7.49. The zero-order chi connectivity index (χ0) is 31.3. The molecule has 2 atom stereocenters. The summed E-state index contributed by atoms with van der Waals surface area (Å²) in [6.45, 7) is 3.94. The van der Waals surface area contributed by atoms with Crippen molar-refractivity contribution in [2.45, 2.75) is 75.1 Å². The van der Waals surface area contributed by atoms with Crippen molar-refractivity contribution in [3.63, 3.8) is 0 Å². The van der Waals surface area contributed by atoms with Crippen LogP contribution in [0.5, 0.6) is 0 Å². The number of nitrogens with zero attached hydrogens (tertiary/aromatic N) is 1. The number of nitrogens with one attached hydrogen (secondary N) is 1. The number of hydrogen-bond donors (Lipinski definition) is 1. The fourth-order valence-corrected chi connectivity index (χ4v) is 6.39. The number of benzene rings is 1. The van der Waals surface area contributed by atoms with Crippen LogP contribution in [0.25, 0.3) is 0 Å². The molecule has 0 unspecified atom stereocenters. The number of halogens is 3. The van der Waals surface area contributed by atoms with Crippen LogP contribution in [0, 0.1) is 12.1 Å². The first-order valence-corrected chi connectivity index (χ1v) is 15.4. The number of ether oxygens (including phenoxy) is 2. The SMILES string of the molecule is CCC[C@@]1(CCc2cc#ccc2)CC(OC)=C([C@H](CC)c2cccc(NS(=O)(=O)c3ccc(C(F)(F)F)cn3)c2)C(=O)O1. The molecule has 1 aliphatic heterocycles. The Balaban J connectivity index is 1.60. The minimum Gasteiger partial charge on any atom is -0.500 e. The van der Waals surface area contributed by atoms with Crippen LogP contribution in [-0.4, -0.2) is 32.1 Å². The van der Waals surface area contributed by atoms with Gasteiger partial charge in [-0.15, -0.1) is 0 Å². The number of sulfonamides is 1. The molecule has 1 aromatic heterocycles. The second kappa shape index (κ2) is 13.1. The fourth-order valence-electron chi connectivity index (χ4n) is 5.41. The van der Waals surface area contributed by atoms with Gasteiger partial charge in [0.1, 0.15) is 11.4 Å². The van der Waals surface area contributed by atoms with Gasteiger partial charge in [0.15, 0.2) is 5.03 Å². The molecule has 0 amide bonds. The van der Waals surface area contributed by atoms with Gasteiger partial charge < -0.3 is 9.47 Å². The van der Waals surface area contributed by atoms with E-state index in [9.17, 15) is 26.4 Å². The Kier molecular flexibility index (Phi) is 9.70. The smallest absolute Gasteiger partial charge is 0.417 e. The van der Waals surface area contributed by atoms with Gasteiger partial charge in [-0.05, 0) is 73.2 Å². The van der Waals surface area contributed by atoms with E-state index in [2.05, 4.69) is 21.8 Å². The molecule has 3 aromatic rings. The monoisotopic (exact) mass is 614 g/mol. The Morgan fingerprint density at radius 1 is 1.14 bits per heavy atom. The van der Waals surface area contributed by atoms with E-state index in [0.29, 0.717) is 61.3 Å². The number of aromatic nitrogens is 1. The Labute approximate surface area is 250 Å². The van der Waals surface area contributed by atoms with Crippen LogP contribution in [-0.2, 0) is 36.9 Å². The molecule has 11 heteroatoms. The molecule has 1 aliphatic rings. The van der Waals surface area contributed by atoms with Crippen LogP contribution in [0.3, 0.4) is 0 Å². The van der Waals surface area contributed by atoms with Gasteiger partial charge in [-0.1, -0.05) is 50.6 Å². The zero-order valence-corrected chi connectivity index (χ0v) is 24.9. The Hall–Kier alpha value is -4.04. The molecule has 4 rings (SSSR count). The lowest BCUT2D eigenvalue weighted by Crippen LogP contribution is -2.42. The lowest BCUT2D eigenvalue weighted by molar-refractivity contribution is -0.161. The van der Waals surface area contributed by atoms with E-state index in [0.717, 1.165) is 18.1 Å². The molecule has 43 heavy (non-hydrogen) atoms. The average molecular weight is 615 g/mol. The van der Waals surface area contributed by atoms with Crippen molar-refractivity contribution >= 4 is 21.7 Å². The Bertz CT molecular complexity index is 1560. The van der Waals surface area contributed by atoms with Crippen LogP contribution >= 0.6 is 0 Å². The van der Waals surface area contributed by atoms with E-state index < -0.39 is 44.3 Å². The number of esters is 1. The van der Waals surface area contributed by atoms with Gasteiger partial charge in [-0.2, -0.15) is 21.6 Å². The van der Waals surface area contributed by atoms with Gasteiger partial charge in [0.2, 0.25) is 0 Å². The predicted molar refractivity (Wildman–Crippen MR) is 154 cm³/mol. The standard InChI is InChI=1S/C32H33F3N2O5S/c1-4-17-31(18-16-22-10-7-6-8-11-22)20-27(41-3)29(30(38)42-31)26(5-2)23-12-9-13-25(19-23)37-43(39,40)28-15-14-24(21-36-28)32(33,34)35/h7,9-15,19,21,26,37H,4-5,16-18,20H2,1-3H3/t26-,31-/m1/s1. The number of pyridine rings is 1. The first kappa shape index (κ1) is 31.9. The van der Waals surface area contributed by atoms with Crippen LogP contribution in [0.1, 0.15) is 68.6 Å². The van der Waals surface area contributed by atoms with E-state index in [4.69, 9.17) is 9.47 Å². The molecule has 0 saturated heterocycles. The molecule has 7 nitrogen and oxygen atoms in total. The largest absolute Gasteiger partial charge is 0.500 e. The number of aryl methyl sites for hydroxylation is 1. The van der Waals surface area contributed by atoms with Gasteiger partial charge in [-0.3, -0.25) is 4.72 Å². The summed E-state index contributed by atoms with van der Waals surface area (Å²) in [4.78, 5) is 17.2. The third-order valence-electron chi connectivity index (χ3n) is 7.49. The van der Waals surface area contributed by atoms with E-state index >= 15 is 0 Å². The van der Waals surface area contributed by atoms with E-state index in [1.807, 2.05) is 26.0 Å². The highest BCUT2D eigenvalue weighted by Gasteiger charge is 2.43. The quantitative estimate of drug-likeness (QED) is 0.221. The number of methoxy groups -OCH3 is 1. The Morgan fingerprint density at radius 2 is 1.93 bits per heavy atom. The molecule has 0 saturated carbocycles. The number of carbonyl (C=O) groups is 1. The topological polar surface area (TPSA) is 94.6 Å². The summed E-state index contributed by atoms with van der Waals surface area (Å²) >= 11 is 0. The van der Waals surface area contributed by atoms with Gasteiger partial charge >= 0.3 is 12.1 Å². The summed E-state index contributed by atoms with van der Waals surface area (Å²) in [6, 6.07) is 19.4. The molecule has 0 aliphatic carbocycles. The number of anilines is 1. The maximum absolute atomic E-state index is 13.7. The van der Waals surface area contributed by atoms with Crippen molar-refractivity contribution in [3.8, 4) is 0 Å². The van der Waals surface area contributed by atoms with Crippen molar-refractivity contribution in [2.75, 3.05) is 11.8 Å². The van der Waals surface area contributed by atoms with Crippen molar-refractivity contribution in [1.82, 2.24) is 4.98 Å². The van der Waals surface area contributed by atoms with E-state index in [1.165, 1.54) is 13.2 Å². The van der Waals surface area contributed by atoms with Crippen LogP contribution < -0.4 is 4.72 Å². The molecular formula is C32H33F3N2O5S. The molecule has 0 fully saturated rings. The number of hydrogen-bond acceptors (Lipinski definition) is 6. The molecule has 0 radical (unpaired) electrons. The first-order valence-electron chi connectivity index (χ1n) is 13.9. The number of rotatable bonds is 12. The molecule has 228 valence electrons. The highest BCUT2D eigenvalue weighted by molar-refractivity contribution is 7.92. The second-order valence-corrected chi connectivity index (χ2v) is 12.1. The molecule has 2 heterocycles. The van der Waals surface area contributed by atoms with Gasteiger partial charge in [0.05, 0.1) is 18.2 Å². The van der Waals surface area contributed by atoms with Crippen LogP contribution in [0.15, 0.2) is 77.2 Å². The lowest BCUT2D eigenvalue weighted by atomic mass is 9.80. The normalized spacial score (nSPS) is 18.0. The summed E-state index contributed by atoms with van der Waals surface area (Å²) in [5, 5.41) is -0.558. The first-order chi connectivity index (χ1) is 20.4. The maximum atomic E-state index is 13.7. The molecule has 2 aromatic carbocycles. The predicted octanol–water partition coefficient (Wildman–Crippen LogP) is 7.01. The van der Waals surface area contributed by atoms with E-state index in [-0.39, 0.29) is 5.69 Å². The summed E-state index contributed by atoms with van der Waals surface area (Å²) in [7, 11) is -2.76. The van der Waals surface area contributed by atoms with E-state index in [1.54, 1.807) is 24.3 Å². The zero-order valence-electron chi connectivity index (χ0n) is 24.1. The third-order valence-corrected chi connectivity index (χ3v) is 8.79. The average Bonchev–Trinajstić information content (AvgIpc) is 2.98. The van der Waals surface area contributed by atoms with Crippen LogP contribution in [0.4, 0.5) is 18.9 Å². The Morgan fingerprint density at radius 3 is 2.53 bits per heavy atom. The summed E-state index contributed by atoms with van der Waals surface area (Å²) in [6.07, 6.45) is -0.503. The number of cyclic esters (lactones) is 1. The molecule has 1 N–H and O–H groups in total. The van der Waals surface area contributed by atoms with Crippen LogP contribution in [0.2, 0.25) is 0 Å².